The molecule has 1 aliphatic carbocycles. The van der Waals surface area contributed by atoms with E-state index in [9.17, 15) is 4.79 Å². The molecule has 0 atom stereocenters. The van der Waals surface area contributed by atoms with Crippen molar-refractivity contribution in [1.29, 1.82) is 0 Å². The van der Waals surface area contributed by atoms with Crippen LogP contribution in [0.2, 0.25) is 0 Å². The Morgan fingerprint density at radius 2 is 1.82 bits per heavy atom. The lowest BCUT2D eigenvalue weighted by molar-refractivity contribution is 0.102. The summed E-state index contributed by atoms with van der Waals surface area (Å²) in [6.07, 6.45) is 6.33. The molecular formula is C30H29N5O2S. The average Bonchev–Trinajstić information content (AvgIpc) is 3.68. The largest absolute Gasteiger partial charge is 0.495 e. The van der Waals surface area contributed by atoms with Crippen LogP contribution in [0.5, 0.6) is 5.75 Å². The molecule has 5 aromatic rings. The Hall–Kier alpha value is -4.17. The number of nitrogens with zero attached hydrogens (tertiary/aromatic N) is 3. The summed E-state index contributed by atoms with van der Waals surface area (Å²) in [5, 5.41) is 6.16. The number of aromatic nitrogens is 3. The average molecular weight is 524 g/mol. The minimum absolute atomic E-state index is 0.159. The van der Waals surface area contributed by atoms with Gasteiger partial charge in [-0.05, 0) is 61.7 Å². The number of carbonyl (C=O) groups excluding carboxylic acids is 1. The molecule has 0 spiro atoms. The fraction of sp³-hybridized carbons (Fsp3) is 0.233. The maximum Gasteiger partial charge on any atom is 0.255 e. The number of nitrogens with two attached hydrogens (primary N) is 1. The molecule has 38 heavy (non-hydrogen) atoms. The van der Waals surface area contributed by atoms with E-state index < -0.39 is 0 Å². The summed E-state index contributed by atoms with van der Waals surface area (Å²) in [5.74, 6) is 0.600. The molecule has 3 aromatic heterocycles. The van der Waals surface area contributed by atoms with Crippen LogP contribution in [0, 0.1) is 6.92 Å². The number of anilines is 2. The molecular weight excluding hydrogens is 494 g/mol. The van der Waals surface area contributed by atoms with E-state index in [1.54, 1.807) is 30.6 Å². The van der Waals surface area contributed by atoms with Gasteiger partial charge >= 0.3 is 0 Å². The minimum Gasteiger partial charge on any atom is -0.495 e. The van der Waals surface area contributed by atoms with Crippen molar-refractivity contribution in [3.05, 3.63) is 94.1 Å². The smallest absolute Gasteiger partial charge is 0.255 e. The number of ether oxygens (including phenoxy) is 1. The summed E-state index contributed by atoms with van der Waals surface area (Å²) < 4.78 is 7.50. The fourth-order valence-corrected chi connectivity index (χ4v) is 6.61. The number of carbonyl (C=O) groups is 1. The summed E-state index contributed by atoms with van der Waals surface area (Å²) in [6.45, 7) is 2.02. The van der Waals surface area contributed by atoms with Crippen LogP contribution in [0.4, 0.5) is 11.4 Å². The third-order valence-electron chi connectivity index (χ3n) is 7.52. The lowest BCUT2D eigenvalue weighted by Gasteiger charge is -2.27. The Morgan fingerprint density at radius 3 is 2.55 bits per heavy atom. The van der Waals surface area contributed by atoms with Crippen molar-refractivity contribution in [1.82, 2.24) is 14.4 Å². The first-order chi connectivity index (χ1) is 18.5. The van der Waals surface area contributed by atoms with E-state index >= 15 is 0 Å². The highest BCUT2D eigenvalue weighted by Gasteiger charge is 2.40. The zero-order valence-electron chi connectivity index (χ0n) is 21.4. The number of thiazole rings is 1. The minimum atomic E-state index is -0.176. The molecule has 1 saturated carbocycles. The maximum atomic E-state index is 12.9. The van der Waals surface area contributed by atoms with Gasteiger partial charge in [0.15, 0.2) is 0 Å². The number of hydrogen-bond donors (Lipinski definition) is 2. The van der Waals surface area contributed by atoms with Crippen molar-refractivity contribution >= 4 is 34.3 Å². The van der Waals surface area contributed by atoms with Gasteiger partial charge in [-0.3, -0.25) is 9.20 Å². The number of aryl methyl sites for hydroxylation is 1. The Kier molecular flexibility index (Phi) is 6.12. The van der Waals surface area contributed by atoms with Gasteiger partial charge in [0.25, 0.3) is 5.91 Å². The monoisotopic (exact) mass is 523 g/mol. The number of rotatable bonds is 6. The van der Waals surface area contributed by atoms with Gasteiger partial charge in [0, 0.05) is 16.4 Å². The molecule has 0 aliphatic heterocycles. The highest BCUT2D eigenvalue weighted by molar-refractivity contribution is 7.10. The number of benzene rings is 2. The van der Waals surface area contributed by atoms with Gasteiger partial charge in [0.1, 0.15) is 22.1 Å². The normalized spacial score (nSPS) is 14.6. The lowest BCUT2D eigenvalue weighted by atomic mass is 9.79. The summed E-state index contributed by atoms with van der Waals surface area (Å²) in [4.78, 5) is 22.8. The molecule has 8 heteroatoms. The van der Waals surface area contributed by atoms with Crippen LogP contribution >= 0.6 is 11.3 Å². The third kappa shape index (κ3) is 4.11. The molecule has 0 unspecified atom stereocenters. The Labute approximate surface area is 225 Å². The standard InChI is InChI=1S/C30H29N5O2S/c1-19-27(35-17-22(37-2)13-14-26(35)32-19)25-18-38-29(34-25)30(15-5-6-16-30)21-11-9-20(10-12-21)28(36)33-24-8-4-3-7-23(24)31/h3-4,7-14,17-18H,5-6,15-16,31H2,1-2H3,(H,33,36). The molecule has 3 heterocycles. The summed E-state index contributed by atoms with van der Waals surface area (Å²) >= 11 is 1.70. The Balaban J connectivity index is 1.32. The number of hydrogen-bond acceptors (Lipinski definition) is 6. The number of nitrogen functional groups attached to an aromatic ring is 1. The molecule has 1 amide bonds. The first-order valence-corrected chi connectivity index (χ1v) is 13.6. The first-order valence-electron chi connectivity index (χ1n) is 12.7. The lowest BCUT2D eigenvalue weighted by Crippen LogP contribution is -2.24. The van der Waals surface area contributed by atoms with E-state index in [4.69, 9.17) is 20.4 Å². The van der Waals surface area contributed by atoms with Gasteiger partial charge in [0.2, 0.25) is 0 Å². The van der Waals surface area contributed by atoms with E-state index in [1.807, 2.05) is 49.5 Å². The van der Waals surface area contributed by atoms with Gasteiger partial charge in [-0.1, -0.05) is 37.1 Å². The summed E-state index contributed by atoms with van der Waals surface area (Å²) in [5.41, 5.74) is 12.5. The van der Waals surface area contributed by atoms with E-state index in [1.165, 1.54) is 5.56 Å². The number of para-hydroxylation sites is 2. The second kappa shape index (κ2) is 9.61. The zero-order valence-corrected chi connectivity index (χ0v) is 22.2. The van der Waals surface area contributed by atoms with Crippen molar-refractivity contribution < 1.29 is 9.53 Å². The van der Waals surface area contributed by atoms with Gasteiger partial charge in [-0.2, -0.15) is 0 Å². The number of nitrogens with one attached hydrogen (secondary N) is 1. The highest BCUT2D eigenvalue weighted by atomic mass is 32.1. The van der Waals surface area contributed by atoms with Crippen LogP contribution in [0.25, 0.3) is 17.0 Å². The fourth-order valence-electron chi connectivity index (χ4n) is 5.53. The third-order valence-corrected chi connectivity index (χ3v) is 8.57. The topological polar surface area (TPSA) is 94.5 Å². The van der Waals surface area contributed by atoms with Crippen molar-refractivity contribution in [2.45, 2.75) is 38.0 Å². The highest BCUT2D eigenvalue weighted by Crippen LogP contribution is 2.48. The maximum absolute atomic E-state index is 12.9. The molecule has 0 saturated heterocycles. The number of pyridine rings is 1. The van der Waals surface area contributed by atoms with Crippen LogP contribution in [-0.4, -0.2) is 27.4 Å². The molecule has 7 nitrogen and oxygen atoms in total. The molecule has 192 valence electrons. The number of fused-ring (bicyclic) bond motifs is 1. The second-order valence-corrected chi connectivity index (χ2v) is 10.6. The van der Waals surface area contributed by atoms with Crippen molar-refractivity contribution in [3.8, 4) is 17.1 Å². The zero-order chi connectivity index (χ0) is 26.3. The Bertz CT molecular complexity index is 1630. The van der Waals surface area contributed by atoms with Crippen LogP contribution in [0.15, 0.2) is 72.2 Å². The van der Waals surface area contributed by atoms with Gasteiger partial charge in [-0.25, -0.2) is 9.97 Å². The van der Waals surface area contributed by atoms with Crippen LogP contribution in [-0.2, 0) is 5.41 Å². The van der Waals surface area contributed by atoms with Gasteiger partial charge < -0.3 is 15.8 Å². The Morgan fingerprint density at radius 1 is 1.05 bits per heavy atom. The predicted molar refractivity (Wildman–Crippen MR) is 152 cm³/mol. The predicted octanol–water partition coefficient (Wildman–Crippen LogP) is 6.47. The number of methoxy groups -OCH3 is 1. The van der Waals surface area contributed by atoms with E-state index in [0.29, 0.717) is 16.9 Å². The van der Waals surface area contributed by atoms with E-state index in [-0.39, 0.29) is 11.3 Å². The van der Waals surface area contributed by atoms with Crippen molar-refractivity contribution in [3.63, 3.8) is 0 Å². The summed E-state index contributed by atoms with van der Waals surface area (Å²) in [7, 11) is 1.67. The van der Waals surface area contributed by atoms with Gasteiger partial charge in [0.05, 0.1) is 36.1 Å². The van der Waals surface area contributed by atoms with Gasteiger partial charge in [-0.15, -0.1) is 11.3 Å². The molecule has 3 N–H and O–H groups in total. The molecule has 2 aromatic carbocycles. The first kappa shape index (κ1) is 24.2. The van der Waals surface area contributed by atoms with Crippen LogP contribution < -0.4 is 15.8 Å². The number of amides is 1. The second-order valence-electron chi connectivity index (χ2n) is 9.79. The number of imidazole rings is 1. The quantitative estimate of drug-likeness (QED) is 0.249. The van der Waals surface area contributed by atoms with Crippen LogP contribution in [0.3, 0.4) is 0 Å². The van der Waals surface area contributed by atoms with Crippen molar-refractivity contribution in [2.24, 2.45) is 0 Å². The van der Waals surface area contributed by atoms with E-state index in [2.05, 4.69) is 27.2 Å². The molecule has 6 rings (SSSR count). The summed E-state index contributed by atoms with van der Waals surface area (Å²) in [6, 6.07) is 19.1. The molecule has 1 aliphatic rings. The molecule has 0 radical (unpaired) electrons. The van der Waals surface area contributed by atoms with Crippen molar-refractivity contribution in [2.75, 3.05) is 18.2 Å². The van der Waals surface area contributed by atoms with E-state index in [0.717, 1.165) is 59.2 Å². The van der Waals surface area contributed by atoms with Crippen LogP contribution in [0.1, 0.15) is 52.3 Å². The molecule has 1 fully saturated rings. The molecule has 0 bridgehead atoms. The SMILES string of the molecule is COc1ccc2nc(C)c(-c3csc(C4(c5ccc(C(=O)Nc6ccccc6N)cc5)CCCC4)n3)n2c1.